The minimum Gasteiger partial charge on any atom is -0.475 e. The van der Waals surface area contributed by atoms with Crippen LogP contribution in [0.15, 0.2) is 60.8 Å². The van der Waals surface area contributed by atoms with E-state index in [9.17, 15) is 22.8 Å². The third-order valence-corrected chi connectivity index (χ3v) is 6.35. The van der Waals surface area contributed by atoms with Crippen molar-refractivity contribution in [3.8, 4) is 17.3 Å². The molecular formula is C30H30ClF3N4O5. The second-order valence-corrected chi connectivity index (χ2v) is 10.9. The van der Waals surface area contributed by atoms with Gasteiger partial charge in [0.25, 0.3) is 0 Å². The first-order valence-corrected chi connectivity index (χ1v) is 13.7. The number of carbonyl (C=O) groups is 2. The van der Waals surface area contributed by atoms with Gasteiger partial charge in [-0.1, -0.05) is 48.0 Å². The van der Waals surface area contributed by atoms with Crippen molar-refractivity contribution in [2.45, 2.75) is 39.2 Å². The van der Waals surface area contributed by atoms with E-state index in [2.05, 4.69) is 15.3 Å². The van der Waals surface area contributed by atoms with Gasteiger partial charge in [-0.2, -0.15) is 18.2 Å². The fourth-order valence-corrected chi connectivity index (χ4v) is 4.23. The van der Waals surface area contributed by atoms with E-state index in [0.717, 1.165) is 17.7 Å². The van der Waals surface area contributed by atoms with Crippen LogP contribution in [-0.2, 0) is 22.3 Å². The molecule has 0 saturated carbocycles. The molecule has 0 radical (unpaired) electrons. The van der Waals surface area contributed by atoms with Crippen LogP contribution in [0, 0.1) is 0 Å². The van der Waals surface area contributed by atoms with Crippen molar-refractivity contribution in [1.82, 2.24) is 20.2 Å². The van der Waals surface area contributed by atoms with Gasteiger partial charge in [0.2, 0.25) is 5.88 Å². The molecule has 1 aliphatic rings. The van der Waals surface area contributed by atoms with Crippen LogP contribution in [0.4, 0.5) is 22.8 Å². The number of hydrogen-bond acceptors (Lipinski definition) is 7. The molecule has 0 spiro atoms. The van der Waals surface area contributed by atoms with Crippen molar-refractivity contribution < 1.29 is 37.0 Å². The molecule has 0 saturated heterocycles. The van der Waals surface area contributed by atoms with Crippen molar-refractivity contribution in [3.63, 3.8) is 0 Å². The van der Waals surface area contributed by atoms with Gasteiger partial charge >= 0.3 is 18.4 Å². The highest BCUT2D eigenvalue weighted by atomic mass is 35.5. The number of nitrogens with one attached hydrogen (secondary N) is 1. The van der Waals surface area contributed by atoms with Crippen molar-refractivity contribution in [2.75, 3.05) is 26.2 Å². The van der Waals surface area contributed by atoms with E-state index in [-0.39, 0.29) is 50.1 Å². The van der Waals surface area contributed by atoms with E-state index in [1.165, 1.54) is 17.2 Å². The molecule has 9 nitrogen and oxygen atoms in total. The maximum absolute atomic E-state index is 13.5. The summed E-state index contributed by atoms with van der Waals surface area (Å²) >= 11 is 5.78. The molecular weight excluding hydrogens is 589 g/mol. The normalized spacial score (nSPS) is 13.4. The van der Waals surface area contributed by atoms with Gasteiger partial charge in [-0.15, -0.1) is 0 Å². The number of carbonyl (C=O) groups excluding carboxylic acids is 2. The van der Waals surface area contributed by atoms with E-state index >= 15 is 0 Å². The van der Waals surface area contributed by atoms with Crippen LogP contribution in [0.1, 0.15) is 37.5 Å². The number of rotatable bonds is 8. The summed E-state index contributed by atoms with van der Waals surface area (Å²) in [5.41, 5.74) is 0.301. The Bertz CT molecular complexity index is 1490. The minimum absolute atomic E-state index is 0.0289. The van der Waals surface area contributed by atoms with E-state index in [1.54, 1.807) is 26.8 Å². The van der Waals surface area contributed by atoms with Crippen LogP contribution >= 0.6 is 11.6 Å². The summed E-state index contributed by atoms with van der Waals surface area (Å²) in [7, 11) is 0. The first-order valence-electron chi connectivity index (χ1n) is 13.3. The Morgan fingerprint density at radius 1 is 1.09 bits per heavy atom. The van der Waals surface area contributed by atoms with Crippen LogP contribution in [-0.4, -0.2) is 58.9 Å². The average molecular weight is 619 g/mol. The van der Waals surface area contributed by atoms with Gasteiger partial charge in [-0.25, -0.2) is 14.6 Å². The summed E-state index contributed by atoms with van der Waals surface area (Å²) in [6.45, 7) is 5.84. The minimum atomic E-state index is -4.67. The highest BCUT2D eigenvalue weighted by Gasteiger charge is 2.34. The monoisotopic (exact) mass is 618 g/mol. The van der Waals surface area contributed by atoms with Crippen LogP contribution < -0.4 is 10.1 Å². The first-order chi connectivity index (χ1) is 20.3. The zero-order chi connectivity index (χ0) is 31.2. The summed E-state index contributed by atoms with van der Waals surface area (Å²) < 4.78 is 56.9. The number of amides is 2. The van der Waals surface area contributed by atoms with Crippen LogP contribution in [0.3, 0.4) is 0 Å². The fourth-order valence-electron chi connectivity index (χ4n) is 4.01. The molecule has 1 aromatic heterocycles. The number of ether oxygens (including phenoxy) is 3. The fraction of sp³-hybridized carbons (Fsp3) is 0.333. The molecule has 13 heteroatoms. The second kappa shape index (κ2) is 13.3. The van der Waals surface area contributed by atoms with Crippen molar-refractivity contribution in [3.05, 3.63) is 82.5 Å². The van der Waals surface area contributed by atoms with Crippen molar-refractivity contribution in [1.29, 1.82) is 0 Å². The Hall–Kier alpha value is -4.32. The third-order valence-electron chi connectivity index (χ3n) is 6.02. The SMILES string of the molecule is CC(C)(C)OC(=O)N1CC=C(c2cnc(-c3ccc(Cl)c(C(F)(F)F)c3)nc2OCCNC(=O)OCc2ccccc2)C1. The molecule has 4 rings (SSSR count). The van der Waals surface area contributed by atoms with Crippen LogP contribution in [0.5, 0.6) is 5.88 Å². The lowest BCUT2D eigenvalue weighted by molar-refractivity contribution is -0.137. The molecule has 1 N–H and O–H groups in total. The number of nitrogens with zero attached hydrogens (tertiary/aromatic N) is 3. The van der Waals surface area contributed by atoms with E-state index in [1.807, 2.05) is 30.3 Å². The lowest BCUT2D eigenvalue weighted by atomic mass is 10.1. The van der Waals surface area contributed by atoms with Gasteiger partial charge < -0.3 is 24.4 Å². The summed E-state index contributed by atoms with van der Waals surface area (Å²) in [5, 5.41) is 2.13. The van der Waals surface area contributed by atoms with Crippen LogP contribution in [0.25, 0.3) is 17.0 Å². The molecule has 43 heavy (non-hydrogen) atoms. The standard InChI is InChI=1S/C30H30ClF3N4O5/c1-29(2,3)43-28(40)38-13-11-21(17-38)22-16-36-25(20-9-10-24(31)23(15-20)30(32,33)34)37-26(22)41-14-12-35-27(39)42-18-19-7-5-4-6-8-19/h4-11,15-16H,12-14,17-18H2,1-3H3,(H,35,39). The van der Waals surface area contributed by atoms with E-state index in [4.69, 9.17) is 25.8 Å². The molecule has 228 valence electrons. The Morgan fingerprint density at radius 2 is 1.84 bits per heavy atom. The van der Waals surface area contributed by atoms with Crippen molar-refractivity contribution >= 4 is 29.4 Å². The topological polar surface area (TPSA) is 103 Å². The molecule has 0 atom stereocenters. The Labute approximate surface area is 251 Å². The number of alkyl carbamates (subject to hydrolysis) is 1. The smallest absolute Gasteiger partial charge is 0.417 e. The molecule has 0 unspecified atom stereocenters. The Balaban J connectivity index is 1.50. The Morgan fingerprint density at radius 3 is 2.53 bits per heavy atom. The predicted octanol–water partition coefficient (Wildman–Crippen LogP) is 6.76. The zero-order valence-corrected chi connectivity index (χ0v) is 24.5. The number of hydrogen-bond donors (Lipinski definition) is 1. The van der Waals surface area contributed by atoms with Gasteiger partial charge in [0.1, 0.15) is 18.8 Å². The number of alkyl halides is 3. The molecule has 1 aliphatic heterocycles. The first kappa shape index (κ1) is 31.6. The molecule has 0 bridgehead atoms. The van der Waals surface area contributed by atoms with Crippen molar-refractivity contribution in [2.24, 2.45) is 0 Å². The highest BCUT2D eigenvalue weighted by Crippen LogP contribution is 2.37. The summed E-state index contributed by atoms with van der Waals surface area (Å²) in [5.74, 6) is 0.0315. The molecule has 0 fully saturated rings. The molecule has 0 aliphatic carbocycles. The highest BCUT2D eigenvalue weighted by molar-refractivity contribution is 6.31. The largest absolute Gasteiger partial charge is 0.475 e. The van der Waals surface area contributed by atoms with Gasteiger partial charge in [0.05, 0.1) is 22.7 Å². The third kappa shape index (κ3) is 8.84. The lowest BCUT2D eigenvalue weighted by Gasteiger charge is -2.24. The lowest BCUT2D eigenvalue weighted by Crippen LogP contribution is -2.35. The summed E-state index contributed by atoms with van der Waals surface area (Å²) in [6, 6.07) is 12.5. The Kier molecular flexibility index (Phi) is 9.80. The average Bonchev–Trinajstić information content (AvgIpc) is 3.44. The van der Waals surface area contributed by atoms with Gasteiger partial charge in [0, 0.05) is 24.8 Å². The maximum Gasteiger partial charge on any atom is 0.417 e. The summed E-state index contributed by atoms with van der Waals surface area (Å²) in [6.07, 6.45) is -2.61. The van der Waals surface area contributed by atoms with Gasteiger partial charge in [0.15, 0.2) is 5.82 Å². The number of halogens is 4. The number of aromatic nitrogens is 2. The van der Waals surface area contributed by atoms with Crippen LogP contribution in [0.2, 0.25) is 5.02 Å². The molecule has 2 heterocycles. The number of benzene rings is 2. The van der Waals surface area contributed by atoms with E-state index < -0.39 is 34.5 Å². The molecule has 2 aromatic carbocycles. The quantitative estimate of drug-likeness (QED) is 0.278. The maximum atomic E-state index is 13.5. The zero-order valence-electron chi connectivity index (χ0n) is 23.7. The van der Waals surface area contributed by atoms with Gasteiger partial charge in [-0.05, 0) is 50.1 Å². The van der Waals surface area contributed by atoms with Gasteiger partial charge in [-0.3, -0.25) is 0 Å². The molecule has 2 amide bonds. The summed E-state index contributed by atoms with van der Waals surface area (Å²) in [4.78, 5) is 34.8. The molecule has 3 aromatic rings. The second-order valence-electron chi connectivity index (χ2n) is 10.5. The predicted molar refractivity (Wildman–Crippen MR) is 153 cm³/mol. The van der Waals surface area contributed by atoms with E-state index in [0.29, 0.717) is 11.1 Å².